The third kappa shape index (κ3) is 2.30. The third-order valence-corrected chi connectivity index (χ3v) is 3.95. The molecule has 8 heteroatoms. The van der Waals surface area contributed by atoms with Gasteiger partial charge in [0.25, 0.3) is 5.69 Å². The average Bonchev–Trinajstić information content (AvgIpc) is 2.82. The van der Waals surface area contributed by atoms with Gasteiger partial charge in [0, 0.05) is 6.54 Å². The summed E-state index contributed by atoms with van der Waals surface area (Å²) >= 11 is 0. The average molecular weight is 300 g/mol. The van der Waals surface area contributed by atoms with Crippen molar-refractivity contribution >= 4 is 17.3 Å². The maximum Gasteiger partial charge on any atom is 0.329 e. The minimum absolute atomic E-state index is 0.179. The van der Waals surface area contributed by atoms with Crippen LogP contribution in [-0.4, -0.2) is 28.1 Å². The van der Waals surface area contributed by atoms with E-state index < -0.39 is 39.4 Å². The Morgan fingerprint density at radius 2 is 2.05 bits per heavy atom. The molecule has 114 valence electrons. The smallest absolute Gasteiger partial charge is 0.329 e. The molecular weight excluding hydrogens is 286 g/mol. The van der Waals surface area contributed by atoms with E-state index in [-0.39, 0.29) is 19.4 Å². The van der Waals surface area contributed by atoms with Crippen LogP contribution in [0.15, 0.2) is 12.1 Å². The van der Waals surface area contributed by atoms with E-state index in [1.165, 1.54) is 4.90 Å². The molecule has 1 atom stereocenters. The second-order valence-electron chi connectivity index (χ2n) is 4.96. The lowest BCUT2D eigenvalue weighted by Crippen LogP contribution is -2.51. The number of carboxylic acids is 1. The van der Waals surface area contributed by atoms with Gasteiger partial charge in [-0.1, -0.05) is 6.92 Å². The van der Waals surface area contributed by atoms with E-state index in [9.17, 15) is 28.8 Å². The van der Waals surface area contributed by atoms with Crippen molar-refractivity contribution in [1.82, 2.24) is 0 Å². The first-order valence-electron chi connectivity index (χ1n) is 6.48. The Kier molecular flexibility index (Phi) is 3.80. The molecule has 1 aliphatic rings. The minimum atomic E-state index is -1.38. The summed E-state index contributed by atoms with van der Waals surface area (Å²) < 4.78 is 28.2. The van der Waals surface area contributed by atoms with Gasteiger partial charge in [-0.2, -0.15) is 0 Å². The summed E-state index contributed by atoms with van der Waals surface area (Å²) in [5.74, 6) is -3.40. The van der Waals surface area contributed by atoms with Crippen LogP contribution in [0.3, 0.4) is 0 Å². The first-order chi connectivity index (χ1) is 9.83. The fourth-order valence-electron chi connectivity index (χ4n) is 2.86. The van der Waals surface area contributed by atoms with E-state index in [0.29, 0.717) is 18.6 Å². The molecule has 0 radical (unpaired) electrons. The lowest BCUT2D eigenvalue weighted by atomic mass is 9.92. The quantitative estimate of drug-likeness (QED) is 0.682. The summed E-state index contributed by atoms with van der Waals surface area (Å²) in [6.07, 6.45) is 0.933. The van der Waals surface area contributed by atoms with E-state index in [4.69, 9.17) is 0 Å². The van der Waals surface area contributed by atoms with E-state index in [1.54, 1.807) is 6.92 Å². The van der Waals surface area contributed by atoms with Crippen LogP contribution in [0.2, 0.25) is 0 Å². The molecule has 0 amide bonds. The number of nitro benzene ring substituents is 1. The van der Waals surface area contributed by atoms with Gasteiger partial charge in [-0.3, -0.25) is 10.1 Å². The summed E-state index contributed by atoms with van der Waals surface area (Å²) in [6, 6.07) is 1.22. The zero-order valence-corrected chi connectivity index (χ0v) is 11.3. The predicted octanol–water partition coefficient (Wildman–Crippen LogP) is 2.71. The zero-order chi connectivity index (χ0) is 15.8. The van der Waals surface area contributed by atoms with Gasteiger partial charge in [0.05, 0.1) is 17.1 Å². The molecule has 0 spiro atoms. The fraction of sp³-hybridized carbons (Fsp3) is 0.462. The number of benzene rings is 1. The van der Waals surface area contributed by atoms with Crippen LogP contribution in [0.5, 0.6) is 0 Å². The van der Waals surface area contributed by atoms with Crippen molar-refractivity contribution in [3.05, 3.63) is 33.9 Å². The van der Waals surface area contributed by atoms with Crippen LogP contribution in [0.1, 0.15) is 26.2 Å². The number of nitrogens with zero attached hydrogens (tertiary/aromatic N) is 2. The summed E-state index contributed by atoms with van der Waals surface area (Å²) in [7, 11) is 0. The van der Waals surface area contributed by atoms with Gasteiger partial charge in [-0.15, -0.1) is 0 Å². The van der Waals surface area contributed by atoms with Crippen LogP contribution in [0.4, 0.5) is 20.2 Å². The predicted molar refractivity (Wildman–Crippen MR) is 70.3 cm³/mol. The van der Waals surface area contributed by atoms with Gasteiger partial charge in [0.2, 0.25) is 0 Å². The summed E-state index contributed by atoms with van der Waals surface area (Å²) in [5.41, 5.74) is -2.59. The number of nitro groups is 1. The summed E-state index contributed by atoms with van der Waals surface area (Å²) in [4.78, 5) is 22.4. The Balaban J connectivity index is 2.56. The van der Waals surface area contributed by atoms with Crippen LogP contribution < -0.4 is 4.90 Å². The molecule has 0 bridgehead atoms. The van der Waals surface area contributed by atoms with Gasteiger partial charge in [0.1, 0.15) is 11.2 Å². The number of rotatable bonds is 4. The number of aliphatic carboxylic acids is 1. The Hall–Kier alpha value is -2.25. The maximum atomic E-state index is 14.1. The van der Waals surface area contributed by atoms with E-state index in [2.05, 4.69) is 0 Å². The molecule has 2 rings (SSSR count). The SMILES string of the molecule is CCC1(C(=O)O)CCCN1c1c(F)cc([N+](=O)[O-])cc1F. The number of halogens is 2. The zero-order valence-electron chi connectivity index (χ0n) is 11.3. The number of hydrogen-bond donors (Lipinski definition) is 1. The molecule has 1 aromatic rings. The highest BCUT2D eigenvalue weighted by atomic mass is 19.1. The van der Waals surface area contributed by atoms with E-state index in [1.807, 2.05) is 0 Å². The third-order valence-electron chi connectivity index (χ3n) is 3.95. The van der Waals surface area contributed by atoms with Crippen molar-refractivity contribution < 1.29 is 23.6 Å². The van der Waals surface area contributed by atoms with Crippen molar-refractivity contribution in [2.45, 2.75) is 31.7 Å². The molecule has 6 nitrogen and oxygen atoms in total. The van der Waals surface area contributed by atoms with Gasteiger partial charge >= 0.3 is 5.97 Å². The highest BCUT2D eigenvalue weighted by Crippen LogP contribution is 2.40. The van der Waals surface area contributed by atoms with Crippen LogP contribution in [0, 0.1) is 21.7 Å². The number of carbonyl (C=O) groups is 1. The largest absolute Gasteiger partial charge is 0.479 e. The lowest BCUT2D eigenvalue weighted by Gasteiger charge is -2.35. The number of non-ortho nitro benzene ring substituents is 1. The molecule has 1 unspecified atom stereocenters. The van der Waals surface area contributed by atoms with Crippen molar-refractivity contribution in [2.24, 2.45) is 0 Å². The number of carboxylic acid groups (broad SMARTS) is 1. The Morgan fingerprint density at radius 1 is 1.48 bits per heavy atom. The Bertz CT molecular complexity index is 585. The van der Waals surface area contributed by atoms with E-state index in [0.717, 1.165) is 0 Å². The standard InChI is InChI=1S/C13H14F2N2O4/c1-2-13(12(18)19)4-3-5-16(13)11-9(14)6-8(17(20)21)7-10(11)15/h6-7H,2-5H2,1H3,(H,18,19). The van der Waals surface area contributed by atoms with Crippen molar-refractivity contribution in [2.75, 3.05) is 11.4 Å². The summed E-state index contributed by atoms with van der Waals surface area (Å²) in [5, 5.41) is 20.0. The second kappa shape index (κ2) is 5.27. The van der Waals surface area contributed by atoms with Crippen LogP contribution >= 0.6 is 0 Å². The minimum Gasteiger partial charge on any atom is -0.479 e. The van der Waals surface area contributed by atoms with Crippen molar-refractivity contribution in [3.8, 4) is 0 Å². The molecule has 1 heterocycles. The van der Waals surface area contributed by atoms with Gasteiger partial charge < -0.3 is 10.0 Å². The van der Waals surface area contributed by atoms with Crippen molar-refractivity contribution in [3.63, 3.8) is 0 Å². The fourth-order valence-corrected chi connectivity index (χ4v) is 2.86. The normalized spacial score (nSPS) is 21.6. The Labute approximate surface area is 119 Å². The first-order valence-corrected chi connectivity index (χ1v) is 6.48. The molecule has 1 aromatic carbocycles. The molecular formula is C13H14F2N2O4. The molecule has 0 saturated carbocycles. The number of hydrogen-bond acceptors (Lipinski definition) is 4. The van der Waals surface area contributed by atoms with Gasteiger partial charge in [0.15, 0.2) is 11.6 Å². The molecule has 0 aliphatic carbocycles. The monoisotopic (exact) mass is 300 g/mol. The van der Waals surface area contributed by atoms with E-state index >= 15 is 0 Å². The molecule has 21 heavy (non-hydrogen) atoms. The highest BCUT2D eigenvalue weighted by Gasteiger charge is 2.48. The molecule has 1 saturated heterocycles. The van der Waals surface area contributed by atoms with Gasteiger partial charge in [-0.05, 0) is 19.3 Å². The molecule has 0 aromatic heterocycles. The topological polar surface area (TPSA) is 83.7 Å². The molecule has 1 fully saturated rings. The molecule has 1 N–H and O–H groups in total. The summed E-state index contributed by atoms with van der Waals surface area (Å²) in [6.45, 7) is 1.82. The lowest BCUT2D eigenvalue weighted by molar-refractivity contribution is -0.385. The van der Waals surface area contributed by atoms with Crippen molar-refractivity contribution in [1.29, 1.82) is 0 Å². The second-order valence-corrected chi connectivity index (χ2v) is 4.96. The Morgan fingerprint density at radius 3 is 2.48 bits per heavy atom. The van der Waals surface area contributed by atoms with Crippen LogP contribution in [-0.2, 0) is 4.79 Å². The highest BCUT2D eigenvalue weighted by molar-refractivity contribution is 5.84. The first kappa shape index (κ1) is 15.1. The molecule has 1 aliphatic heterocycles. The van der Waals surface area contributed by atoms with Crippen LogP contribution in [0.25, 0.3) is 0 Å². The number of anilines is 1. The van der Waals surface area contributed by atoms with Gasteiger partial charge in [-0.25, -0.2) is 13.6 Å². The maximum absolute atomic E-state index is 14.1.